The van der Waals surface area contributed by atoms with Crippen molar-refractivity contribution in [3.05, 3.63) is 22.8 Å². The normalized spacial score (nSPS) is 19.2. The second-order valence-electron chi connectivity index (χ2n) is 5.17. The number of hydrogen-bond donors (Lipinski definition) is 2. The molecule has 0 radical (unpaired) electrons. The fraction of sp³-hybridized carbons (Fsp3) is 0.533. The lowest BCUT2D eigenvalue weighted by Gasteiger charge is -2.26. The molecule has 1 aliphatic rings. The Morgan fingerprint density at radius 1 is 1.60 bits per heavy atom. The molecule has 5 nitrogen and oxygen atoms in total. The van der Waals surface area contributed by atoms with E-state index in [1.165, 1.54) is 7.11 Å². The van der Waals surface area contributed by atoms with E-state index in [2.05, 4.69) is 11.8 Å². The Morgan fingerprint density at radius 3 is 2.85 bits per heavy atom. The Morgan fingerprint density at radius 2 is 2.30 bits per heavy atom. The van der Waals surface area contributed by atoms with Gasteiger partial charge in [0.1, 0.15) is 17.1 Å². The van der Waals surface area contributed by atoms with Crippen LogP contribution in [0.15, 0.2) is 6.07 Å². The van der Waals surface area contributed by atoms with Crippen LogP contribution in [-0.2, 0) is 0 Å². The molecule has 1 atom stereocenters. The summed E-state index contributed by atoms with van der Waals surface area (Å²) in [5.41, 5.74) is 7.12. The zero-order valence-corrected chi connectivity index (χ0v) is 12.3. The first-order valence-electron chi connectivity index (χ1n) is 6.95. The lowest BCUT2D eigenvalue weighted by molar-refractivity contribution is 0.0994. The van der Waals surface area contributed by atoms with Crippen molar-refractivity contribution in [2.75, 3.05) is 20.2 Å². The molecule has 1 aromatic rings. The fourth-order valence-electron chi connectivity index (χ4n) is 3.06. The van der Waals surface area contributed by atoms with Gasteiger partial charge in [0.2, 0.25) is 0 Å². The summed E-state index contributed by atoms with van der Waals surface area (Å²) in [7, 11) is 1.48. The smallest absolute Gasteiger partial charge is 0.256 e. The second kappa shape index (κ2) is 5.71. The molecule has 0 bridgehead atoms. The van der Waals surface area contributed by atoms with Gasteiger partial charge in [-0.2, -0.15) is 0 Å². The average Bonchev–Trinajstić information content (AvgIpc) is 2.89. The topological polar surface area (TPSA) is 75.8 Å². The molecule has 0 spiro atoms. The highest BCUT2D eigenvalue weighted by Gasteiger charge is 2.29. The molecule has 1 unspecified atom stereocenters. The highest BCUT2D eigenvalue weighted by atomic mass is 16.5. The lowest BCUT2D eigenvalue weighted by Crippen LogP contribution is -2.24. The van der Waals surface area contributed by atoms with Crippen molar-refractivity contribution in [3.8, 4) is 11.5 Å². The lowest BCUT2D eigenvalue weighted by atomic mass is 9.95. The van der Waals surface area contributed by atoms with Gasteiger partial charge in [-0.3, -0.25) is 9.69 Å². The minimum Gasteiger partial charge on any atom is -0.507 e. The Hall–Kier alpha value is -1.75. The maximum Gasteiger partial charge on any atom is 0.256 e. The average molecular weight is 278 g/mol. The van der Waals surface area contributed by atoms with E-state index in [-0.39, 0.29) is 17.4 Å². The van der Waals surface area contributed by atoms with Gasteiger partial charge in [-0.15, -0.1) is 0 Å². The van der Waals surface area contributed by atoms with Crippen LogP contribution in [0, 0.1) is 6.92 Å². The van der Waals surface area contributed by atoms with Crippen LogP contribution in [0.1, 0.15) is 47.3 Å². The first kappa shape index (κ1) is 14.7. The van der Waals surface area contributed by atoms with Crippen LogP contribution in [0.4, 0.5) is 0 Å². The summed E-state index contributed by atoms with van der Waals surface area (Å²) >= 11 is 0. The van der Waals surface area contributed by atoms with E-state index in [9.17, 15) is 9.90 Å². The molecular weight excluding hydrogens is 256 g/mol. The summed E-state index contributed by atoms with van der Waals surface area (Å²) in [6, 6.07) is 2.11. The number of phenols is 1. The van der Waals surface area contributed by atoms with Gasteiger partial charge in [-0.05, 0) is 50.0 Å². The number of nitrogens with zero attached hydrogens (tertiary/aromatic N) is 1. The van der Waals surface area contributed by atoms with Gasteiger partial charge in [0.05, 0.1) is 7.11 Å². The number of ether oxygens (including phenoxy) is 1. The van der Waals surface area contributed by atoms with Crippen LogP contribution in [0.25, 0.3) is 0 Å². The van der Waals surface area contributed by atoms with Gasteiger partial charge in [0.25, 0.3) is 5.91 Å². The second-order valence-corrected chi connectivity index (χ2v) is 5.17. The maximum absolute atomic E-state index is 11.5. The van der Waals surface area contributed by atoms with E-state index in [1.54, 1.807) is 0 Å². The number of carbonyl (C=O) groups is 1. The van der Waals surface area contributed by atoms with Crippen LogP contribution in [0.5, 0.6) is 11.5 Å². The van der Waals surface area contributed by atoms with Crippen molar-refractivity contribution in [3.63, 3.8) is 0 Å². The summed E-state index contributed by atoms with van der Waals surface area (Å²) in [5.74, 6) is -0.388. The van der Waals surface area contributed by atoms with Crippen LogP contribution >= 0.6 is 0 Å². The third-order valence-electron chi connectivity index (χ3n) is 4.15. The first-order chi connectivity index (χ1) is 9.51. The molecule has 0 aromatic heterocycles. The highest BCUT2D eigenvalue weighted by Crippen LogP contribution is 2.41. The minimum absolute atomic E-state index is 0.0604. The zero-order chi connectivity index (χ0) is 14.9. The number of benzene rings is 1. The van der Waals surface area contributed by atoms with E-state index in [4.69, 9.17) is 10.5 Å². The van der Waals surface area contributed by atoms with Crippen LogP contribution < -0.4 is 10.5 Å². The highest BCUT2D eigenvalue weighted by molar-refractivity contribution is 5.99. The van der Waals surface area contributed by atoms with E-state index in [1.807, 2.05) is 13.0 Å². The van der Waals surface area contributed by atoms with E-state index in [0.29, 0.717) is 11.3 Å². The number of methoxy groups -OCH3 is 1. The maximum atomic E-state index is 11.5. The number of aromatic hydroxyl groups is 1. The molecule has 1 heterocycles. The van der Waals surface area contributed by atoms with Gasteiger partial charge >= 0.3 is 0 Å². The molecule has 1 fully saturated rings. The number of rotatable bonds is 4. The molecule has 110 valence electrons. The Bertz CT molecular complexity index is 528. The minimum atomic E-state index is -0.673. The van der Waals surface area contributed by atoms with Crippen LogP contribution in [-0.4, -0.2) is 36.1 Å². The molecule has 0 aliphatic carbocycles. The standard InChI is InChI=1S/C15H22N2O3/c1-4-17-7-5-6-11(17)10-8-12(20-3)13(15(16)19)14(18)9(10)2/h8,11,18H,4-7H2,1-3H3,(H2,16,19). The van der Waals surface area contributed by atoms with Gasteiger partial charge in [-0.1, -0.05) is 6.92 Å². The SMILES string of the molecule is CCN1CCCC1c1cc(OC)c(C(N)=O)c(O)c1C. The summed E-state index contributed by atoms with van der Waals surface area (Å²) in [6.07, 6.45) is 2.19. The van der Waals surface area contributed by atoms with E-state index >= 15 is 0 Å². The zero-order valence-electron chi connectivity index (χ0n) is 12.3. The number of carbonyl (C=O) groups excluding carboxylic acids is 1. The number of hydrogen-bond acceptors (Lipinski definition) is 4. The molecule has 0 saturated carbocycles. The molecule has 3 N–H and O–H groups in total. The van der Waals surface area contributed by atoms with Gasteiger partial charge in [0.15, 0.2) is 0 Å². The molecule has 1 aromatic carbocycles. The largest absolute Gasteiger partial charge is 0.507 e. The van der Waals surface area contributed by atoms with Crippen molar-refractivity contribution < 1.29 is 14.6 Å². The Labute approximate surface area is 119 Å². The van der Waals surface area contributed by atoms with E-state index < -0.39 is 5.91 Å². The van der Waals surface area contributed by atoms with Crippen LogP contribution in [0.2, 0.25) is 0 Å². The first-order valence-corrected chi connectivity index (χ1v) is 6.95. The predicted molar refractivity (Wildman–Crippen MR) is 77.1 cm³/mol. The van der Waals surface area contributed by atoms with Gasteiger partial charge < -0.3 is 15.6 Å². The molecule has 1 aliphatic heterocycles. The fourth-order valence-corrected chi connectivity index (χ4v) is 3.06. The summed E-state index contributed by atoms with van der Waals surface area (Å²) < 4.78 is 5.23. The Kier molecular flexibility index (Phi) is 4.18. The quantitative estimate of drug-likeness (QED) is 0.883. The monoisotopic (exact) mass is 278 g/mol. The molecule has 5 heteroatoms. The van der Waals surface area contributed by atoms with Crippen molar-refractivity contribution in [2.45, 2.75) is 32.7 Å². The summed E-state index contributed by atoms with van der Waals surface area (Å²) in [6.45, 7) is 5.97. The van der Waals surface area contributed by atoms with Crippen molar-refractivity contribution in [2.24, 2.45) is 5.73 Å². The molecule has 1 saturated heterocycles. The molecule has 20 heavy (non-hydrogen) atoms. The number of amides is 1. The summed E-state index contributed by atoms with van der Waals surface area (Å²) in [5, 5.41) is 10.3. The predicted octanol–water partition coefficient (Wildman–Crippen LogP) is 1.96. The molecule has 2 rings (SSSR count). The Balaban J connectivity index is 2.55. The summed E-state index contributed by atoms with van der Waals surface area (Å²) in [4.78, 5) is 13.8. The number of likely N-dealkylation sites (tertiary alicyclic amines) is 1. The van der Waals surface area contributed by atoms with Crippen molar-refractivity contribution in [1.29, 1.82) is 0 Å². The third-order valence-corrected chi connectivity index (χ3v) is 4.15. The van der Waals surface area contributed by atoms with Crippen LogP contribution in [0.3, 0.4) is 0 Å². The number of primary amides is 1. The van der Waals surface area contributed by atoms with Gasteiger partial charge in [0, 0.05) is 6.04 Å². The van der Waals surface area contributed by atoms with Gasteiger partial charge in [-0.25, -0.2) is 0 Å². The number of nitrogens with two attached hydrogens (primary N) is 1. The van der Waals surface area contributed by atoms with E-state index in [0.717, 1.165) is 31.5 Å². The van der Waals surface area contributed by atoms with Crippen molar-refractivity contribution >= 4 is 5.91 Å². The molecule has 1 amide bonds. The van der Waals surface area contributed by atoms with Crippen molar-refractivity contribution in [1.82, 2.24) is 4.90 Å². The third kappa shape index (κ3) is 2.33. The molecular formula is C15H22N2O3.